The molecule has 1 fully saturated rings. The maximum absolute atomic E-state index is 12.2. The molecule has 108 valence electrons. The van der Waals surface area contributed by atoms with Gasteiger partial charge in [0.25, 0.3) is 5.91 Å². The van der Waals surface area contributed by atoms with Crippen LogP contribution < -0.4 is 10.2 Å². The van der Waals surface area contributed by atoms with E-state index >= 15 is 0 Å². The molecular weight excluding hydrogens is 262 g/mol. The summed E-state index contributed by atoms with van der Waals surface area (Å²) < 4.78 is 0. The molecule has 0 bridgehead atoms. The van der Waals surface area contributed by atoms with Crippen molar-refractivity contribution in [2.24, 2.45) is 0 Å². The van der Waals surface area contributed by atoms with E-state index in [0.717, 1.165) is 31.7 Å². The fourth-order valence-corrected chi connectivity index (χ4v) is 2.70. The average Bonchev–Trinajstić information content (AvgIpc) is 2.57. The Hall–Kier alpha value is -2.36. The molecule has 0 unspecified atom stereocenters. The van der Waals surface area contributed by atoms with E-state index in [0.29, 0.717) is 5.56 Å². The summed E-state index contributed by atoms with van der Waals surface area (Å²) in [5.41, 5.74) is 0.715. The number of anilines is 1. The van der Waals surface area contributed by atoms with Crippen LogP contribution in [0.4, 0.5) is 5.82 Å². The second-order valence-electron chi connectivity index (χ2n) is 5.31. The Morgan fingerprint density at radius 2 is 1.95 bits per heavy atom. The Labute approximate surface area is 124 Å². The fourth-order valence-electron chi connectivity index (χ4n) is 2.70. The van der Waals surface area contributed by atoms with Crippen molar-refractivity contribution >= 4 is 11.7 Å². The highest BCUT2D eigenvalue weighted by molar-refractivity contribution is 5.94. The second-order valence-corrected chi connectivity index (χ2v) is 5.31. The lowest BCUT2D eigenvalue weighted by atomic mass is 10.0. The van der Waals surface area contributed by atoms with Gasteiger partial charge in [-0.15, -0.1) is 0 Å². The molecule has 1 aliphatic heterocycles. The van der Waals surface area contributed by atoms with Gasteiger partial charge >= 0.3 is 0 Å². The van der Waals surface area contributed by atoms with E-state index in [4.69, 9.17) is 0 Å². The summed E-state index contributed by atoms with van der Waals surface area (Å²) in [6.45, 7) is 1.81. The molecule has 0 radical (unpaired) electrons. The van der Waals surface area contributed by atoms with Gasteiger partial charge in [-0.3, -0.25) is 4.79 Å². The van der Waals surface area contributed by atoms with E-state index in [1.807, 2.05) is 54.7 Å². The standard InChI is InChI=1S/C17H19N3O/c21-17(14-7-2-1-3-8-14)19-15-9-6-12-20(13-15)16-10-4-5-11-18-16/h1-5,7-8,10-11,15H,6,9,12-13H2,(H,19,21)/t15-/m0/s1. The largest absolute Gasteiger partial charge is 0.355 e. The van der Waals surface area contributed by atoms with Gasteiger partial charge in [-0.25, -0.2) is 4.98 Å². The minimum atomic E-state index is 0.00321. The molecule has 2 heterocycles. The molecule has 1 amide bonds. The first kappa shape index (κ1) is 13.6. The van der Waals surface area contributed by atoms with Gasteiger partial charge in [-0.1, -0.05) is 24.3 Å². The topological polar surface area (TPSA) is 45.2 Å². The lowest BCUT2D eigenvalue weighted by molar-refractivity contribution is 0.0933. The molecule has 4 heteroatoms. The first-order chi connectivity index (χ1) is 10.3. The number of nitrogens with one attached hydrogen (secondary N) is 1. The van der Waals surface area contributed by atoms with E-state index in [9.17, 15) is 4.79 Å². The van der Waals surface area contributed by atoms with Crippen molar-refractivity contribution in [1.82, 2.24) is 10.3 Å². The van der Waals surface area contributed by atoms with Gasteiger partial charge < -0.3 is 10.2 Å². The third-order valence-electron chi connectivity index (χ3n) is 3.77. The molecule has 0 aliphatic carbocycles. The smallest absolute Gasteiger partial charge is 0.251 e. The number of aromatic nitrogens is 1. The van der Waals surface area contributed by atoms with Crippen molar-refractivity contribution in [1.29, 1.82) is 0 Å². The number of carbonyl (C=O) groups is 1. The number of nitrogens with zero attached hydrogens (tertiary/aromatic N) is 2. The molecule has 2 aromatic rings. The van der Waals surface area contributed by atoms with Crippen LogP contribution in [0.3, 0.4) is 0 Å². The van der Waals surface area contributed by atoms with Crippen molar-refractivity contribution in [3.8, 4) is 0 Å². The minimum Gasteiger partial charge on any atom is -0.355 e. The zero-order chi connectivity index (χ0) is 14.5. The van der Waals surface area contributed by atoms with Crippen LogP contribution in [0.2, 0.25) is 0 Å². The monoisotopic (exact) mass is 281 g/mol. The molecule has 1 saturated heterocycles. The van der Waals surface area contributed by atoms with Crippen molar-refractivity contribution < 1.29 is 4.79 Å². The summed E-state index contributed by atoms with van der Waals surface area (Å²) in [7, 11) is 0. The Bertz CT molecular complexity index is 585. The lowest BCUT2D eigenvalue weighted by Crippen LogP contribution is -2.48. The fraction of sp³-hybridized carbons (Fsp3) is 0.294. The predicted octanol–water partition coefficient (Wildman–Crippen LogP) is 2.48. The third kappa shape index (κ3) is 3.40. The highest BCUT2D eigenvalue weighted by atomic mass is 16.1. The average molecular weight is 281 g/mol. The zero-order valence-electron chi connectivity index (χ0n) is 11.9. The van der Waals surface area contributed by atoms with Gasteiger partial charge in [0.2, 0.25) is 0 Å². The summed E-state index contributed by atoms with van der Waals surface area (Å²) in [5.74, 6) is 0.986. The quantitative estimate of drug-likeness (QED) is 0.940. The number of hydrogen-bond acceptors (Lipinski definition) is 3. The number of benzene rings is 1. The zero-order valence-corrected chi connectivity index (χ0v) is 11.9. The molecule has 1 aromatic heterocycles. The highest BCUT2D eigenvalue weighted by Gasteiger charge is 2.22. The maximum atomic E-state index is 12.2. The maximum Gasteiger partial charge on any atom is 0.251 e. The third-order valence-corrected chi connectivity index (χ3v) is 3.77. The Kier molecular flexibility index (Phi) is 4.15. The van der Waals surface area contributed by atoms with Gasteiger partial charge in [0.1, 0.15) is 5.82 Å². The number of hydrogen-bond donors (Lipinski definition) is 1. The first-order valence-corrected chi connectivity index (χ1v) is 7.35. The van der Waals surface area contributed by atoms with Crippen LogP contribution in [0.1, 0.15) is 23.2 Å². The molecule has 21 heavy (non-hydrogen) atoms. The number of piperidine rings is 1. The SMILES string of the molecule is O=C(N[C@H]1CCCN(c2ccccn2)C1)c1ccccc1. The van der Waals surface area contributed by atoms with Gasteiger partial charge in [0, 0.05) is 30.9 Å². The van der Waals surface area contributed by atoms with Crippen LogP contribution in [0, 0.1) is 0 Å². The first-order valence-electron chi connectivity index (χ1n) is 7.35. The molecule has 1 N–H and O–H groups in total. The molecule has 0 saturated carbocycles. The van der Waals surface area contributed by atoms with E-state index in [1.54, 1.807) is 0 Å². The Morgan fingerprint density at radius 1 is 1.14 bits per heavy atom. The van der Waals surface area contributed by atoms with Crippen molar-refractivity contribution in [3.63, 3.8) is 0 Å². The molecular formula is C17H19N3O. The van der Waals surface area contributed by atoms with Crippen LogP contribution in [-0.2, 0) is 0 Å². The van der Waals surface area contributed by atoms with Gasteiger partial charge in [0.15, 0.2) is 0 Å². The van der Waals surface area contributed by atoms with Gasteiger partial charge in [-0.05, 0) is 37.1 Å². The highest BCUT2D eigenvalue weighted by Crippen LogP contribution is 2.17. The van der Waals surface area contributed by atoms with E-state index in [1.165, 1.54) is 0 Å². The van der Waals surface area contributed by atoms with Gasteiger partial charge in [-0.2, -0.15) is 0 Å². The number of carbonyl (C=O) groups excluding carboxylic acids is 1. The number of pyridine rings is 1. The Balaban J connectivity index is 1.63. The minimum absolute atomic E-state index is 0.00321. The Morgan fingerprint density at radius 3 is 2.71 bits per heavy atom. The van der Waals surface area contributed by atoms with E-state index in [2.05, 4.69) is 15.2 Å². The van der Waals surface area contributed by atoms with E-state index < -0.39 is 0 Å². The summed E-state index contributed by atoms with van der Waals surface area (Å²) in [5, 5.41) is 3.13. The van der Waals surface area contributed by atoms with Crippen LogP contribution in [0.5, 0.6) is 0 Å². The van der Waals surface area contributed by atoms with Crippen molar-refractivity contribution in [2.75, 3.05) is 18.0 Å². The van der Waals surface area contributed by atoms with Crippen LogP contribution in [0.15, 0.2) is 54.7 Å². The van der Waals surface area contributed by atoms with Crippen LogP contribution in [-0.4, -0.2) is 30.0 Å². The summed E-state index contributed by atoms with van der Waals surface area (Å²) in [6, 6.07) is 15.5. The molecule has 1 atom stereocenters. The summed E-state index contributed by atoms with van der Waals surface area (Å²) >= 11 is 0. The van der Waals surface area contributed by atoms with Crippen molar-refractivity contribution in [2.45, 2.75) is 18.9 Å². The molecule has 3 rings (SSSR count). The normalized spacial score (nSPS) is 18.3. The second kappa shape index (κ2) is 6.39. The lowest BCUT2D eigenvalue weighted by Gasteiger charge is -2.34. The number of amides is 1. The van der Waals surface area contributed by atoms with E-state index in [-0.39, 0.29) is 11.9 Å². The van der Waals surface area contributed by atoms with Gasteiger partial charge in [0.05, 0.1) is 0 Å². The molecule has 1 aromatic carbocycles. The van der Waals surface area contributed by atoms with Crippen molar-refractivity contribution in [3.05, 3.63) is 60.3 Å². The predicted molar refractivity (Wildman–Crippen MR) is 83.4 cm³/mol. The number of rotatable bonds is 3. The molecule has 0 spiro atoms. The summed E-state index contributed by atoms with van der Waals surface area (Å²) in [4.78, 5) is 18.8. The van der Waals surface area contributed by atoms with Crippen LogP contribution >= 0.6 is 0 Å². The summed E-state index contributed by atoms with van der Waals surface area (Å²) in [6.07, 6.45) is 3.89. The van der Waals surface area contributed by atoms with Crippen LogP contribution in [0.25, 0.3) is 0 Å². The molecule has 4 nitrogen and oxygen atoms in total. The molecule has 1 aliphatic rings.